The lowest BCUT2D eigenvalue weighted by molar-refractivity contribution is 0.0712. The minimum Gasteiger partial charge on any atom is -0.204 e. The second-order valence-corrected chi connectivity index (χ2v) is 11.0. The van der Waals surface area contributed by atoms with Gasteiger partial charge < -0.3 is 0 Å². The van der Waals surface area contributed by atoms with Crippen molar-refractivity contribution in [2.75, 3.05) is 0 Å². The van der Waals surface area contributed by atoms with Crippen molar-refractivity contribution < 1.29 is 8.78 Å². The maximum atomic E-state index is 14.1. The van der Waals surface area contributed by atoms with Crippen LogP contribution in [0.2, 0.25) is 0 Å². The van der Waals surface area contributed by atoms with Crippen LogP contribution in [0.1, 0.15) is 95.5 Å². The molecule has 0 aliphatic heterocycles. The zero-order valence-corrected chi connectivity index (χ0v) is 19.1. The zero-order valence-electron chi connectivity index (χ0n) is 19.1. The van der Waals surface area contributed by atoms with Crippen molar-refractivity contribution in [2.45, 2.75) is 89.9 Å². The van der Waals surface area contributed by atoms with Gasteiger partial charge >= 0.3 is 0 Å². The van der Waals surface area contributed by atoms with Gasteiger partial charge in [-0.3, -0.25) is 0 Å². The third-order valence-electron chi connectivity index (χ3n) is 9.31. The first-order chi connectivity index (χ1) is 15.1. The molecule has 2 aromatic carbocycles. The topological polar surface area (TPSA) is 0 Å². The average Bonchev–Trinajstić information content (AvgIpc) is 2.81. The zero-order chi connectivity index (χ0) is 21.4. The van der Waals surface area contributed by atoms with Crippen molar-refractivity contribution in [1.29, 1.82) is 0 Å². The quantitative estimate of drug-likeness (QED) is 0.459. The fraction of sp³-hybridized carbons (Fsp3) is 0.655. The van der Waals surface area contributed by atoms with Gasteiger partial charge in [-0.2, -0.15) is 0 Å². The fourth-order valence-electron chi connectivity index (χ4n) is 7.55. The number of fused-ring (bicyclic) bond motifs is 2. The molecule has 0 N–H and O–H groups in total. The Kier molecular flexibility index (Phi) is 6.35. The van der Waals surface area contributed by atoms with Gasteiger partial charge in [-0.15, -0.1) is 0 Å². The largest absolute Gasteiger partial charge is 0.204 e. The Balaban J connectivity index is 1.20. The predicted molar refractivity (Wildman–Crippen MR) is 125 cm³/mol. The van der Waals surface area contributed by atoms with Gasteiger partial charge in [-0.25, -0.2) is 8.78 Å². The molecule has 5 rings (SSSR count). The van der Waals surface area contributed by atoms with E-state index in [0.717, 1.165) is 35.0 Å². The Morgan fingerprint density at radius 3 is 2.19 bits per heavy atom. The molecule has 3 aliphatic rings. The van der Waals surface area contributed by atoms with Crippen LogP contribution >= 0.6 is 0 Å². The van der Waals surface area contributed by atoms with Crippen LogP contribution in [-0.4, -0.2) is 0 Å². The first-order valence-corrected chi connectivity index (χ1v) is 13.0. The Morgan fingerprint density at radius 2 is 1.42 bits per heavy atom. The van der Waals surface area contributed by atoms with Crippen LogP contribution in [0.4, 0.5) is 8.78 Å². The number of halogens is 2. The fourth-order valence-corrected chi connectivity index (χ4v) is 7.55. The normalized spacial score (nSPS) is 33.9. The molecule has 4 unspecified atom stereocenters. The van der Waals surface area contributed by atoms with Gasteiger partial charge in [-0.1, -0.05) is 56.9 Å². The summed E-state index contributed by atoms with van der Waals surface area (Å²) in [6.45, 7) is 2.33. The summed E-state index contributed by atoms with van der Waals surface area (Å²) in [6.07, 6.45) is 17.0. The van der Waals surface area contributed by atoms with E-state index in [0.29, 0.717) is 11.3 Å². The van der Waals surface area contributed by atoms with E-state index in [4.69, 9.17) is 0 Å². The highest BCUT2D eigenvalue weighted by atomic mass is 19.2. The molecule has 0 spiro atoms. The van der Waals surface area contributed by atoms with Crippen LogP contribution < -0.4 is 0 Å². The molecule has 0 nitrogen and oxygen atoms in total. The van der Waals surface area contributed by atoms with E-state index in [2.05, 4.69) is 19.1 Å². The smallest absolute Gasteiger partial charge is 0.166 e. The highest BCUT2D eigenvalue weighted by Crippen LogP contribution is 2.51. The van der Waals surface area contributed by atoms with E-state index in [9.17, 15) is 8.78 Å². The van der Waals surface area contributed by atoms with Crippen LogP contribution in [0, 0.1) is 41.2 Å². The summed E-state index contributed by atoms with van der Waals surface area (Å²) < 4.78 is 27.6. The summed E-state index contributed by atoms with van der Waals surface area (Å²) in [5.41, 5.74) is 1.33. The third-order valence-corrected chi connectivity index (χ3v) is 9.31. The van der Waals surface area contributed by atoms with E-state index in [1.165, 1.54) is 88.7 Å². The van der Waals surface area contributed by atoms with Crippen LogP contribution in [-0.2, 0) is 0 Å². The van der Waals surface area contributed by atoms with Crippen molar-refractivity contribution in [1.82, 2.24) is 0 Å². The lowest BCUT2D eigenvalue weighted by Crippen LogP contribution is -2.34. The minimum atomic E-state index is -0.753. The van der Waals surface area contributed by atoms with Crippen molar-refractivity contribution in [3.63, 3.8) is 0 Å². The van der Waals surface area contributed by atoms with Gasteiger partial charge in [0, 0.05) is 5.39 Å². The second kappa shape index (κ2) is 9.20. The lowest BCUT2D eigenvalue weighted by Gasteiger charge is -2.45. The van der Waals surface area contributed by atoms with Crippen molar-refractivity contribution in [2.24, 2.45) is 29.6 Å². The molecule has 0 amide bonds. The standard InChI is InChI=1S/C29H38F2/c1-2-3-19-4-6-20(7-5-19)21-8-9-23-17-24(11-10-22(23)16-21)25-12-14-27-26(18-25)13-15-28(30)29(27)31/h12-15,18-24H,2-11,16-17H2,1H3. The maximum Gasteiger partial charge on any atom is 0.166 e. The average molecular weight is 425 g/mol. The van der Waals surface area contributed by atoms with Gasteiger partial charge in [-0.05, 0) is 104 Å². The van der Waals surface area contributed by atoms with Crippen molar-refractivity contribution in [3.05, 3.63) is 47.5 Å². The van der Waals surface area contributed by atoms with Crippen molar-refractivity contribution in [3.8, 4) is 0 Å². The minimum absolute atomic E-state index is 0.409. The van der Waals surface area contributed by atoms with Crippen LogP contribution in [0.3, 0.4) is 0 Å². The molecule has 0 saturated heterocycles. The van der Waals surface area contributed by atoms with Crippen LogP contribution in [0.5, 0.6) is 0 Å². The number of rotatable bonds is 4. The van der Waals surface area contributed by atoms with Gasteiger partial charge in [0.1, 0.15) is 0 Å². The molecule has 4 atom stereocenters. The van der Waals surface area contributed by atoms with Gasteiger partial charge in [0.25, 0.3) is 0 Å². The van der Waals surface area contributed by atoms with E-state index in [-0.39, 0.29) is 0 Å². The Bertz CT molecular complexity index is 895. The molecule has 2 aromatic rings. The van der Waals surface area contributed by atoms with Gasteiger partial charge in [0.2, 0.25) is 0 Å². The van der Waals surface area contributed by atoms with E-state index in [1.807, 2.05) is 0 Å². The first kappa shape index (κ1) is 21.4. The summed E-state index contributed by atoms with van der Waals surface area (Å²) in [7, 11) is 0. The highest BCUT2D eigenvalue weighted by Gasteiger charge is 2.39. The first-order valence-electron chi connectivity index (χ1n) is 13.0. The lowest BCUT2D eigenvalue weighted by atomic mass is 9.60. The Hall–Kier alpha value is -1.44. The second-order valence-electron chi connectivity index (χ2n) is 11.0. The third kappa shape index (κ3) is 4.41. The molecular formula is C29H38F2. The Labute approximate surface area is 186 Å². The molecule has 0 aromatic heterocycles. The van der Waals surface area contributed by atoms with Gasteiger partial charge in [0.05, 0.1) is 0 Å². The van der Waals surface area contributed by atoms with E-state index >= 15 is 0 Å². The number of hydrogen-bond acceptors (Lipinski definition) is 0. The molecule has 3 saturated carbocycles. The molecule has 3 fully saturated rings. The number of hydrogen-bond donors (Lipinski definition) is 0. The summed E-state index contributed by atoms with van der Waals surface area (Å²) in [5, 5.41) is 1.24. The predicted octanol–water partition coefficient (Wildman–Crippen LogP) is 9.02. The summed E-state index contributed by atoms with van der Waals surface area (Å²) in [4.78, 5) is 0. The molecule has 0 bridgehead atoms. The summed E-state index contributed by atoms with van der Waals surface area (Å²) in [6, 6.07) is 8.94. The monoisotopic (exact) mass is 424 g/mol. The molecule has 168 valence electrons. The van der Waals surface area contributed by atoms with Crippen LogP contribution in [0.25, 0.3) is 10.8 Å². The molecule has 0 heterocycles. The maximum absolute atomic E-state index is 14.1. The number of benzene rings is 2. The van der Waals surface area contributed by atoms with E-state index < -0.39 is 11.6 Å². The molecule has 0 radical (unpaired) electrons. The molecule has 3 aliphatic carbocycles. The summed E-state index contributed by atoms with van der Waals surface area (Å²) >= 11 is 0. The SMILES string of the molecule is CCCC1CCC(C2CCC3CC(c4ccc5c(F)c(F)ccc5c4)CCC3C2)CC1. The van der Waals surface area contributed by atoms with Gasteiger partial charge in [0.15, 0.2) is 11.6 Å². The van der Waals surface area contributed by atoms with Crippen molar-refractivity contribution >= 4 is 10.8 Å². The summed E-state index contributed by atoms with van der Waals surface area (Å²) in [5.74, 6) is 3.91. The van der Waals surface area contributed by atoms with E-state index in [1.54, 1.807) is 12.1 Å². The van der Waals surface area contributed by atoms with Crippen LogP contribution in [0.15, 0.2) is 30.3 Å². The molecule has 2 heteroatoms. The molecular weight excluding hydrogens is 386 g/mol. The Morgan fingerprint density at radius 1 is 0.742 bits per heavy atom. The highest BCUT2D eigenvalue weighted by molar-refractivity contribution is 5.84. The molecule has 31 heavy (non-hydrogen) atoms.